The smallest absolute Gasteiger partial charge is 0.244 e. The molecule has 0 radical (unpaired) electrons. The van der Waals surface area contributed by atoms with Crippen molar-refractivity contribution >= 4 is 27.5 Å². The van der Waals surface area contributed by atoms with Crippen molar-refractivity contribution in [2.45, 2.75) is 16.2 Å². The molecule has 0 unspecified atom stereocenters. The van der Waals surface area contributed by atoms with Crippen molar-refractivity contribution in [2.24, 2.45) is 0 Å². The lowest BCUT2D eigenvalue weighted by Crippen LogP contribution is -2.23. The van der Waals surface area contributed by atoms with E-state index in [4.69, 9.17) is 10.8 Å². The Morgan fingerprint density at radius 2 is 2.06 bits per heavy atom. The summed E-state index contributed by atoms with van der Waals surface area (Å²) in [5, 5.41) is 8.72. The molecule has 1 aromatic carbocycles. The zero-order valence-electron chi connectivity index (χ0n) is 10.5. The Labute approximate surface area is 112 Å². The third kappa shape index (κ3) is 3.38. The number of nitrogens with two attached hydrogens (primary N) is 1. The van der Waals surface area contributed by atoms with Crippen LogP contribution in [0.3, 0.4) is 0 Å². The summed E-state index contributed by atoms with van der Waals surface area (Å²) in [5.41, 5.74) is 6.17. The molecule has 3 N–H and O–H groups in total. The molecular formula is C11H18N2O3S2. The number of nitrogen functional groups attached to an aromatic ring is 1. The molecule has 18 heavy (non-hydrogen) atoms. The highest BCUT2D eigenvalue weighted by molar-refractivity contribution is 7.99. The molecule has 0 aliphatic heterocycles. The molecule has 5 nitrogen and oxygen atoms in total. The zero-order chi connectivity index (χ0) is 13.8. The summed E-state index contributed by atoms with van der Waals surface area (Å²) in [6.45, 7) is 0.114. The SMILES string of the molecule is CN(C)S(=O)(=O)c1cccc(SCCCO)c1N. The molecule has 0 amide bonds. The number of nitrogens with zero attached hydrogens (tertiary/aromatic N) is 1. The minimum Gasteiger partial charge on any atom is -0.397 e. The van der Waals surface area contributed by atoms with Crippen molar-refractivity contribution in [1.82, 2.24) is 4.31 Å². The number of hydrogen-bond acceptors (Lipinski definition) is 5. The molecule has 0 aromatic heterocycles. The van der Waals surface area contributed by atoms with Gasteiger partial charge >= 0.3 is 0 Å². The first-order valence-electron chi connectivity index (χ1n) is 5.46. The van der Waals surface area contributed by atoms with E-state index in [1.54, 1.807) is 12.1 Å². The van der Waals surface area contributed by atoms with Crippen LogP contribution in [0.2, 0.25) is 0 Å². The number of hydrogen-bond donors (Lipinski definition) is 2. The minimum absolute atomic E-state index is 0.114. The van der Waals surface area contributed by atoms with Crippen LogP contribution in [0.1, 0.15) is 6.42 Å². The van der Waals surface area contributed by atoms with E-state index in [2.05, 4.69) is 0 Å². The minimum atomic E-state index is -3.52. The maximum Gasteiger partial charge on any atom is 0.244 e. The summed E-state index contributed by atoms with van der Waals surface area (Å²) in [7, 11) is -0.570. The standard InChI is InChI=1S/C11H18N2O3S2/c1-13(2)18(15,16)10-6-3-5-9(11(10)12)17-8-4-7-14/h3,5-6,14H,4,7-8,12H2,1-2H3. The van der Waals surface area contributed by atoms with Gasteiger partial charge in [0.25, 0.3) is 0 Å². The van der Waals surface area contributed by atoms with Crippen LogP contribution in [0.25, 0.3) is 0 Å². The van der Waals surface area contributed by atoms with Gasteiger partial charge < -0.3 is 10.8 Å². The second-order valence-corrected chi connectivity index (χ2v) is 7.14. The molecule has 0 aliphatic rings. The van der Waals surface area contributed by atoms with Gasteiger partial charge in [-0.1, -0.05) is 6.07 Å². The molecule has 0 aliphatic carbocycles. The lowest BCUT2D eigenvalue weighted by molar-refractivity contribution is 0.296. The van der Waals surface area contributed by atoms with Gasteiger partial charge in [-0.2, -0.15) is 0 Å². The molecule has 0 saturated carbocycles. The number of para-hydroxylation sites is 1. The molecule has 1 rings (SSSR count). The molecule has 0 atom stereocenters. The third-order valence-corrected chi connectivity index (χ3v) is 5.38. The normalized spacial score (nSPS) is 12.0. The number of aliphatic hydroxyl groups is 1. The van der Waals surface area contributed by atoms with Crippen LogP contribution < -0.4 is 5.73 Å². The van der Waals surface area contributed by atoms with E-state index >= 15 is 0 Å². The molecule has 7 heteroatoms. The Morgan fingerprint density at radius 3 is 2.61 bits per heavy atom. The van der Waals surface area contributed by atoms with Gasteiger partial charge in [0.1, 0.15) is 4.90 Å². The Hall–Kier alpha value is -0.760. The fourth-order valence-corrected chi connectivity index (χ4v) is 3.35. The van der Waals surface area contributed by atoms with E-state index in [9.17, 15) is 8.42 Å². The van der Waals surface area contributed by atoms with E-state index in [1.807, 2.05) is 0 Å². The Balaban J connectivity index is 3.06. The predicted octanol–water partition coefficient (Wildman–Crippen LogP) is 0.994. The van der Waals surface area contributed by atoms with E-state index in [-0.39, 0.29) is 17.2 Å². The van der Waals surface area contributed by atoms with Gasteiger partial charge in [0.15, 0.2) is 0 Å². The Morgan fingerprint density at radius 1 is 1.39 bits per heavy atom. The van der Waals surface area contributed by atoms with Crippen LogP contribution in [0, 0.1) is 0 Å². The van der Waals surface area contributed by atoms with E-state index in [0.29, 0.717) is 12.2 Å². The number of sulfonamides is 1. The van der Waals surface area contributed by atoms with E-state index in [1.165, 1.54) is 31.9 Å². The van der Waals surface area contributed by atoms with Gasteiger partial charge in [-0.25, -0.2) is 12.7 Å². The topological polar surface area (TPSA) is 83.6 Å². The van der Waals surface area contributed by atoms with Crippen molar-refractivity contribution in [3.05, 3.63) is 18.2 Å². The maximum absolute atomic E-state index is 12.0. The van der Waals surface area contributed by atoms with Crippen molar-refractivity contribution in [3.8, 4) is 0 Å². The summed E-state index contributed by atoms with van der Waals surface area (Å²) in [6, 6.07) is 4.96. The molecule has 0 heterocycles. The van der Waals surface area contributed by atoms with Crippen LogP contribution >= 0.6 is 11.8 Å². The van der Waals surface area contributed by atoms with Crippen LogP contribution in [-0.4, -0.2) is 44.3 Å². The van der Waals surface area contributed by atoms with Gasteiger partial charge in [0.2, 0.25) is 10.0 Å². The lowest BCUT2D eigenvalue weighted by atomic mass is 10.3. The Kier molecular flexibility index (Phi) is 5.46. The average Bonchev–Trinajstić information content (AvgIpc) is 2.31. The van der Waals surface area contributed by atoms with Crippen molar-refractivity contribution < 1.29 is 13.5 Å². The number of aliphatic hydroxyl groups excluding tert-OH is 1. The Bertz CT molecular complexity index is 501. The molecule has 0 spiro atoms. The monoisotopic (exact) mass is 290 g/mol. The van der Waals surface area contributed by atoms with Crippen LogP contribution in [-0.2, 0) is 10.0 Å². The molecule has 1 aromatic rings. The van der Waals surface area contributed by atoms with E-state index in [0.717, 1.165) is 9.20 Å². The second kappa shape index (κ2) is 6.42. The molecule has 102 valence electrons. The quantitative estimate of drug-likeness (QED) is 0.464. The molecule has 0 saturated heterocycles. The van der Waals surface area contributed by atoms with Gasteiger partial charge in [-0.3, -0.25) is 0 Å². The largest absolute Gasteiger partial charge is 0.397 e. The van der Waals surface area contributed by atoms with Gasteiger partial charge in [-0.05, 0) is 18.6 Å². The molecule has 0 fully saturated rings. The lowest BCUT2D eigenvalue weighted by Gasteiger charge is -2.15. The number of anilines is 1. The summed E-state index contributed by atoms with van der Waals surface area (Å²) in [6.07, 6.45) is 0.648. The number of rotatable bonds is 6. The highest BCUT2D eigenvalue weighted by atomic mass is 32.2. The summed E-state index contributed by atoms with van der Waals surface area (Å²) >= 11 is 1.45. The highest BCUT2D eigenvalue weighted by Crippen LogP contribution is 2.31. The van der Waals surface area contributed by atoms with E-state index < -0.39 is 10.0 Å². The van der Waals surface area contributed by atoms with Gasteiger partial charge in [0, 0.05) is 31.4 Å². The zero-order valence-corrected chi connectivity index (χ0v) is 12.1. The average molecular weight is 290 g/mol. The summed E-state index contributed by atoms with van der Waals surface area (Å²) < 4.78 is 25.2. The van der Waals surface area contributed by atoms with Gasteiger partial charge in [-0.15, -0.1) is 11.8 Å². The highest BCUT2D eigenvalue weighted by Gasteiger charge is 2.21. The fourth-order valence-electron chi connectivity index (χ4n) is 1.32. The maximum atomic E-state index is 12.0. The first-order valence-corrected chi connectivity index (χ1v) is 7.88. The molecule has 0 bridgehead atoms. The first kappa shape index (κ1) is 15.3. The van der Waals surface area contributed by atoms with Crippen LogP contribution in [0.4, 0.5) is 5.69 Å². The number of benzene rings is 1. The second-order valence-electron chi connectivity index (χ2n) is 3.88. The summed E-state index contributed by atoms with van der Waals surface area (Å²) in [4.78, 5) is 0.855. The van der Waals surface area contributed by atoms with Gasteiger partial charge in [0.05, 0.1) is 5.69 Å². The summed E-state index contributed by atoms with van der Waals surface area (Å²) in [5.74, 6) is 0.701. The van der Waals surface area contributed by atoms with Crippen LogP contribution in [0.5, 0.6) is 0 Å². The van der Waals surface area contributed by atoms with Crippen molar-refractivity contribution in [3.63, 3.8) is 0 Å². The predicted molar refractivity (Wildman–Crippen MR) is 74.2 cm³/mol. The number of thioether (sulfide) groups is 1. The van der Waals surface area contributed by atoms with Crippen LogP contribution in [0.15, 0.2) is 28.0 Å². The first-order chi connectivity index (χ1) is 8.41. The van der Waals surface area contributed by atoms with Crippen molar-refractivity contribution in [2.75, 3.05) is 32.2 Å². The third-order valence-electron chi connectivity index (χ3n) is 2.34. The fraction of sp³-hybridized carbons (Fsp3) is 0.455. The molecular weight excluding hydrogens is 272 g/mol. The van der Waals surface area contributed by atoms with Crippen molar-refractivity contribution in [1.29, 1.82) is 0 Å².